The van der Waals surface area contributed by atoms with Crippen molar-refractivity contribution >= 4 is 33.0 Å². The number of Topliss-reactive ketones (excluding diaryl/α,β-unsaturated/α-hetero) is 1. The molecule has 0 aliphatic heterocycles. The van der Waals surface area contributed by atoms with Gasteiger partial charge in [-0.05, 0) is 42.7 Å². The summed E-state index contributed by atoms with van der Waals surface area (Å²) in [6.07, 6.45) is 10.2. The first-order chi connectivity index (χ1) is 14.3. The number of rotatable bonds is 6. The lowest BCUT2D eigenvalue weighted by molar-refractivity contribution is 0.0973. The maximum Gasteiger partial charge on any atom is 0.165 e. The van der Waals surface area contributed by atoms with Crippen molar-refractivity contribution in [1.29, 1.82) is 0 Å². The summed E-state index contributed by atoms with van der Waals surface area (Å²) in [7, 11) is 0. The number of benzene rings is 2. The third-order valence-corrected chi connectivity index (χ3v) is 6.62. The lowest BCUT2D eigenvalue weighted by Crippen LogP contribution is -2.15. The number of fused-ring (bicyclic) bond motifs is 8. The molecule has 2 heteroatoms. The van der Waals surface area contributed by atoms with E-state index in [9.17, 15) is 4.79 Å². The van der Waals surface area contributed by atoms with Gasteiger partial charge < -0.3 is 4.40 Å². The highest BCUT2D eigenvalue weighted by molar-refractivity contribution is 6.16. The molecule has 0 amide bonds. The smallest absolute Gasteiger partial charge is 0.165 e. The first-order valence-electron chi connectivity index (χ1n) is 11.3. The standard InChI is InChI=1S/C27H29NO/c1-2-3-4-5-6-14-21-19-12-9-10-16-23(19)28-24-17-11-18-25(29)26(24)20-13-7-8-15-22(20)27(21)28/h7-10,12-13,15-16H,2-6,11,14,17-18H2,1H3. The topological polar surface area (TPSA) is 21.5 Å². The van der Waals surface area contributed by atoms with E-state index in [0.717, 1.165) is 30.2 Å². The summed E-state index contributed by atoms with van der Waals surface area (Å²) in [5.74, 6) is 0.309. The molecule has 4 aromatic rings. The lowest BCUT2D eigenvalue weighted by atomic mass is 9.89. The van der Waals surface area contributed by atoms with Gasteiger partial charge in [-0.3, -0.25) is 4.79 Å². The first-order valence-corrected chi connectivity index (χ1v) is 11.3. The number of carbonyl (C=O) groups excluding carboxylic acids is 1. The molecule has 0 bridgehead atoms. The number of aromatic nitrogens is 1. The van der Waals surface area contributed by atoms with Crippen molar-refractivity contribution in [2.45, 2.75) is 64.7 Å². The summed E-state index contributed by atoms with van der Waals surface area (Å²) in [5.41, 5.74) is 6.26. The molecule has 2 aromatic heterocycles. The Labute approximate surface area is 172 Å². The monoisotopic (exact) mass is 383 g/mol. The van der Waals surface area contributed by atoms with E-state index in [2.05, 4.69) is 59.9 Å². The van der Waals surface area contributed by atoms with E-state index >= 15 is 0 Å². The molecular formula is C27H29NO. The largest absolute Gasteiger partial charge is 0.312 e. The molecule has 0 spiro atoms. The normalized spacial score (nSPS) is 14.2. The molecule has 0 N–H and O–H groups in total. The second-order valence-corrected chi connectivity index (χ2v) is 8.49. The zero-order valence-electron chi connectivity index (χ0n) is 17.3. The van der Waals surface area contributed by atoms with Gasteiger partial charge in [-0.25, -0.2) is 0 Å². The van der Waals surface area contributed by atoms with Crippen LogP contribution in [-0.2, 0) is 12.8 Å². The molecule has 0 unspecified atom stereocenters. The predicted octanol–water partition coefficient (Wildman–Crippen LogP) is 7.28. The molecule has 0 atom stereocenters. The number of carbonyl (C=O) groups is 1. The number of ketones is 1. The Balaban J connectivity index is 1.80. The van der Waals surface area contributed by atoms with E-state index in [-0.39, 0.29) is 0 Å². The Bertz CT molecular complexity index is 1210. The Morgan fingerprint density at radius 1 is 0.828 bits per heavy atom. The van der Waals surface area contributed by atoms with E-state index in [0.29, 0.717) is 12.2 Å². The molecule has 0 saturated heterocycles. The number of pyridine rings is 1. The zero-order chi connectivity index (χ0) is 19.8. The second kappa shape index (κ2) is 7.67. The Morgan fingerprint density at radius 3 is 2.38 bits per heavy atom. The minimum Gasteiger partial charge on any atom is -0.312 e. The minimum absolute atomic E-state index is 0.309. The number of hydrogen-bond donors (Lipinski definition) is 0. The Morgan fingerprint density at radius 2 is 1.55 bits per heavy atom. The van der Waals surface area contributed by atoms with Gasteiger partial charge in [-0.1, -0.05) is 75.1 Å². The van der Waals surface area contributed by atoms with Crippen molar-refractivity contribution in [3.8, 4) is 0 Å². The molecular weight excluding hydrogens is 354 g/mol. The van der Waals surface area contributed by atoms with Crippen molar-refractivity contribution < 1.29 is 4.79 Å². The highest BCUT2D eigenvalue weighted by atomic mass is 16.1. The molecule has 0 saturated carbocycles. The third-order valence-electron chi connectivity index (χ3n) is 6.62. The van der Waals surface area contributed by atoms with Crippen molar-refractivity contribution in [3.63, 3.8) is 0 Å². The molecule has 1 aliphatic carbocycles. The van der Waals surface area contributed by atoms with Gasteiger partial charge in [-0.2, -0.15) is 0 Å². The van der Waals surface area contributed by atoms with Crippen LogP contribution < -0.4 is 0 Å². The summed E-state index contributed by atoms with van der Waals surface area (Å²) >= 11 is 0. The number of unbranched alkanes of at least 4 members (excludes halogenated alkanes) is 4. The molecule has 2 aromatic carbocycles. The zero-order valence-corrected chi connectivity index (χ0v) is 17.3. The summed E-state index contributed by atoms with van der Waals surface area (Å²) in [6.45, 7) is 2.27. The molecule has 29 heavy (non-hydrogen) atoms. The summed E-state index contributed by atoms with van der Waals surface area (Å²) in [6, 6.07) is 17.4. The SMILES string of the molecule is CCCCCCCc1c2ccccc2n2c3c(c4ccccc4c12)C(=O)CCC3. The molecule has 2 heterocycles. The van der Waals surface area contributed by atoms with E-state index < -0.39 is 0 Å². The van der Waals surface area contributed by atoms with Crippen LogP contribution in [0.5, 0.6) is 0 Å². The van der Waals surface area contributed by atoms with Gasteiger partial charge in [0, 0.05) is 28.5 Å². The number of hydrogen-bond acceptors (Lipinski definition) is 1. The van der Waals surface area contributed by atoms with Gasteiger partial charge in [0.15, 0.2) is 5.78 Å². The summed E-state index contributed by atoms with van der Waals surface area (Å²) < 4.78 is 2.44. The van der Waals surface area contributed by atoms with Gasteiger partial charge >= 0.3 is 0 Å². The van der Waals surface area contributed by atoms with Crippen molar-refractivity contribution in [2.75, 3.05) is 0 Å². The van der Waals surface area contributed by atoms with Gasteiger partial charge in [-0.15, -0.1) is 0 Å². The fraction of sp³-hybridized carbons (Fsp3) is 0.370. The molecule has 2 nitrogen and oxygen atoms in total. The van der Waals surface area contributed by atoms with Gasteiger partial charge in [0.2, 0.25) is 0 Å². The minimum atomic E-state index is 0.309. The van der Waals surface area contributed by atoms with Gasteiger partial charge in [0.05, 0.1) is 11.0 Å². The first kappa shape index (κ1) is 18.4. The average molecular weight is 384 g/mol. The van der Waals surface area contributed by atoms with Crippen LogP contribution in [0.1, 0.15) is 73.5 Å². The highest BCUT2D eigenvalue weighted by Gasteiger charge is 2.26. The van der Waals surface area contributed by atoms with Crippen molar-refractivity contribution in [3.05, 3.63) is 65.4 Å². The van der Waals surface area contributed by atoms with Crippen molar-refractivity contribution in [1.82, 2.24) is 4.40 Å². The fourth-order valence-electron chi connectivity index (χ4n) is 5.29. The fourth-order valence-corrected chi connectivity index (χ4v) is 5.29. The van der Waals surface area contributed by atoms with Gasteiger partial charge in [0.25, 0.3) is 0 Å². The summed E-state index contributed by atoms with van der Waals surface area (Å²) in [5, 5.41) is 3.75. The van der Waals surface area contributed by atoms with Crippen LogP contribution in [0.2, 0.25) is 0 Å². The number of para-hydroxylation sites is 1. The van der Waals surface area contributed by atoms with E-state index in [1.807, 2.05) is 0 Å². The average Bonchev–Trinajstić information content (AvgIpc) is 3.09. The van der Waals surface area contributed by atoms with E-state index in [1.165, 1.54) is 65.2 Å². The maximum atomic E-state index is 12.9. The Kier molecular flexibility index (Phi) is 4.87. The quantitative estimate of drug-likeness (QED) is 0.321. The molecule has 0 radical (unpaired) electrons. The van der Waals surface area contributed by atoms with E-state index in [4.69, 9.17) is 0 Å². The third kappa shape index (κ3) is 2.97. The van der Waals surface area contributed by atoms with Crippen LogP contribution >= 0.6 is 0 Å². The van der Waals surface area contributed by atoms with Crippen LogP contribution in [0.15, 0.2) is 48.5 Å². The summed E-state index contributed by atoms with van der Waals surface area (Å²) in [4.78, 5) is 12.9. The molecule has 5 rings (SSSR count). The van der Waals surface area contributed by atoms with Crippen LogP contribution in [0, 0.1) is 0 Å². The second-order valence-electron chi connectivity index (χ2n) is 8.49. The van der Waals surface area contributed by atoms with Crippen LogP contribution in [-0.4, -0.2) is 10.2 Å². The van der Waals surface area contributed by atoms with Crippen LogP contribution in [0.25, 0.3) is 27.2 Å². The molecule has 1 aliphatic rings. The van der Waals surface area contributed by atoms with E-state index in [1.54, 1.807) is 0 Å². The predicted molar refractivity (Wildman–Crippen MR) is 122 cm³/mol. The van der Waals surface area contributed by atoms with Crippen LogP contribution in [0.4, 0.5) is 0 Å². The van der Waals surface area contributed by atoms with Crippen LogP contribution in [0.3, 0.4) is 0 Å². The van der Waals surface area contributed by atoms with Gasteiger partial charge in [0.1, 0.15) is 0 Å². The number of nitrogens with zero attached hydrogens (tertiary/aromatic N) is 1. The number of aryl methyl sites for hydroxylation is 2. The van der Waals surface area contributed by atoms with Crippen molar-refractivity contribution in [2.24, 2.45) is 0 Å². The lowest BCUT2D eigenvalue weighted by Gasteiger charge is -2.21. The highest BCUT2D eigenvalue weighted by Crippen LogP contribution is 2.39. The molecule has 148 valence electrons. The Hall–Kier alpha value is -2.61. The molecule has 0 fully saturated rings. The maximum absolute atomic E-state index is 12.9.